The normalized spacial score (nSPS) is 26.9. The minimum absolute atomic E-state index is 0.325. The summed E-state index contributed by atoms with van der Waals surface area (Å²) in [5.74, 6) is -4.90. The number of halogens is 3. The number of hydrogen-bond donors (Lipinski definition) is 0. The molecule has 0 bridgehead atoms. The molecule has 0 aromatic rings. The van der Waals surface area contributed by atoms with Gasteiger partial charge in [0.2, 0.25) is 0 Å². The van der Waals surface area contributed by atoms with Crippen molar-refractivity contribution in [3.63, 3.8) is 0 Å². The minimum atomic E-state index is -4.40. The van der Waals surface area contributed by atoms with Crippen molar-refractivity contribution in [1.29, 1.82) is 0 Å². The molecule has 0 saturated carbocycles. The quantitative estimate of drug-likeness (QED) is 0.552. The molecule has 1 saturated heterocycles. The van der Waals surface area contributed by atoms with E-state index in [0.717, 1.165) is 13.1 Å². The van der Waals surface area contributed by atoms with E-state index in [1.807, 2.05) is 0 Å². The Morgan fingerprint density at radius 3 is 2.27 bits per heavy atom. The maximum atomic E-state index is 12.4. The van der Waals surface area contributed by atoms with E-state index in [9.17, 15) is 21.6 Å². The van der Waals surface area contributed by atoms with Crippen molar-refractivity contribution >= 4 is 18.4 Å². The van der Waals surface area contributed by atoms with Crippen LogP contribution < -0.4 is 0 Å². The summed E-state index contributed by atoms with van der Waals surface area (Å²) in [7, 11) is -7.56. The lowest BCUT2D eigenvalue weighted by atomic mass is 10.5. The molecule has 1 fully saturated rings. The molecule has 1 aliphatic heterocycles. The van der Waals surface area contributed by atoms with Crippen LogP contribution in [0.3, 0.4) is 0 Å². The van der Waals surface area contributed by atoms with Gasteiger partial charge in [-0.05, 0) is 13.1 Å². The lowest BCUT2D eigenvalue weighted by molar-refractivity contribution is -0.0769. The van der Waals surface area contributed by atoms with Crippen molar-refractivity contribution in [2.75, 3.05) is 12.4 Å². The number of hydrogen-bond acceptors (Lipinski definition) is 4. The van der Waals surface area contributed by atoms with Crippen molar-refractivity contribution < 1.29 is 30.2 Å². The van der Waals surface area contributed by atoms with Crippen LogP contribution in [0.5, 0.6) is 0 Å². The van der Waals surface area contributed by atoms with Gasteiger partial charge in [-0.25, -0.2) is 0 Å². The van der Waals surface area contributed by atoms with Crippen molar-refractivity contribution in [2.24, 2.45) is 0 Å². The Morgan fingerprint density at radius 2 is 1.93 bits per heavy atom. The summed E-state index contributed by atoms with van der Waals surface area (Å²) in [6.07, 6.45) is -1.00. The van der Waals surface area contributed by atoms with E-state index in [0.29, 0.717) is 0 Å². The van der Waals surface area contributed by atoms with E-state index in [1.165, 1.54) is 0 Å². The highest BCUT2D eigenvalue weighted by Crippen LogP contribution is 2.31. The van der Waals surface area contributed by atoms with E-state index >= 15 is 0 Å². The maximum Gasteiger partial charge on any atom is 0.388 e. The molecule has 4 nitrogen and oxygen atoms in total. The highest BCUT2D eigenvalue weighted by Gasteiger charge is 2.54. The molecule has 90 valence electrons. The summed E-state index contributed by atoms with van der Waals surface area (Å²) >= 11 is 0. The molecular weight excluding hydrogens is 253 g/mol. The molecule has 1 atom stereocenters. The third kappa shape index (κ3) is 3.16. The predicted octanol–water partition coefficient (Wildman–Crippen LogP) is 1.04. The van der Waals surface area contributed by atoms with E-state index in [1.54, 1.807) is 0 Å². The van der Waals surface area contributed by atoms with Crippen LogP contribution in [-0.4, -0.2) is 41.0 Å². The molecule has 0 aromatic heterocycles. The molecule has 1 unspecified atom stereocenters. The second kappa shape index (κ2) is 3.72. The Hall–Kier alpha value is -0.123. The van der Waals surface area contributed by atoms with Gasteiger partial charge in [-0.1, -0.05) is 0 Å². The Labute approximate surface area is 86.6 Å². The van der Waals surface area contributed by atoms with Crippen molar-refractivity contribution in [1.82, 2.24) is 0 Å². The van der Waals surface area contributed by atoms with E-state index in [2.05, 4.69) is 4.18 Å². The van der Waals surface area contributed by atoms with Crippen molar-refractivity contribution in [2.45, 2.75) is 25.0 Å². The standard InChI is InChI=1S/C6H11F3O4SSi/c1-15(2,6(7,8)9)13-5-3-12-14(10,11)4-5/h5H,3-4H2,1-2H3. The first-order valence-corrected chi connectivity index (χ1v) is 8.64. The van der Waals surface area contributed by atoms with Crippen LogP contribution in [0, 0.1) is 0 Å². The zero-order chi connectivity index (χ0) is 11.9. The highest BCUT2D eigenvalue weighted by atomic mass is 32.2. The summed E-state index contributed by atoms with van der Waals surface area (Å²) in [6, 6.07) is 0. The summed E-state index contributed by atoms with van der Waals surface area (Å²) in [4.78, 5) is 0. The Balaban J connectivity index is 2.65. The zero-order valence-corrected chi connectivity index (χ0v) is 9.98. The molecule has 1 heterocycles. The molecule has 0 amide bonds. The fourth-order valence-electron chi connectivity index (χ4n) is 1.05. The van der Waals surface area contributed by atoms with E-state index in [-0.39, 0.29) is 6.61 Å². The van der Waals surface area contributed by atoms with Gasteiger partial charge in [0, 0.05) is 0 Å². The summed E-state index contributed by atoms with van der Waals surface area (Å²) < 4.78 is 68.0. The monoisotopic (exact) mass is 264 g/mol. The van der Waals surface area contributed by atoms with Crippen molar-refractivity contribution in [3.8, 4) is 0 Å². The first-order chi connectivity index (χ1) is 6.54. The molecule has 0 aromatic carbocycles. The smallest absolute Gasteiger partial charge is 0.388 e. The maximum absolute atomic E-state index is 12.4. The van der Waals surface area contributed by atoms with E-state index < -0.39 is 36.1 Å². The average Bonchev–Trinajstić information content (AvgIpc) is 2.26. The van der Waals surface area contributed by atoms with Crippen LogP contribution in [0.1, 0.15) is 0 Å². The molecule has 0 aliphatic carbocycles. The zero-order valence-electron chi connectivity index (χ0n) is 8.17. The molecule has 0 N–H and O–H groups in total. The number of rotatable bonds is 2. The fraction of sp³-hybridized carbons (Fsp3) is 1.00. The Bertz CT molecular complexity index is 337. The molecule has 0 radical (unpaired) electrons. The summed E-state index contributed by atoms with van der Waals surface area (Å²) in [5.41, 5.74) is 0. The SMILES string of the molecule is C[Si](C)(OC1COS(=O)(=O)C1)C(F)(F)F. The third-order valence-electron chi connectivity index (χ3n) is 1.97. The average molecular weight is 264 g/mol. The second-order valence-corrected chi connectivity index (χ2v) is 9.26. The van der Waals surface area contributed by atoms with Gasteiger partial charge >= 0.3 is 14.1 Å². The van der Waals surface area contributed by atoms with Gasteiger partial charge in [-0.15, -0.1) is 0 Å². The van der Waals surface area contributed by atoms with Gasteiger partial charge in [0.25, 0.3) is 10.1 Å². The highest BCUT2D eigenvalue weighted by molar-refractivity contribution is 7.87. The molecule has 1 rings (SSSR count). The molecule has 0 spiro atoms. The van der Waals surface area contributed by atoms with Gasteiger partial charge in [-0.3, -0.25) is 4.18 Å². The Morgan fingerprint density at radius 1 is 1.40 bits per heavy atom. The lowest BCUT2D eigenvalue weighted by Crippen LogP contribution is -2.50. The van der Waals surface area contributed by atoms with Crippen LogP contribution in [0.2, 0.25) is 13.1 Å². The van der Waals surface area contributed by atoms with Gasteiger partial charge < -0.3 is 4.43 Å². The molecule has 9 heteroatoms. The molecule has 1 aliphatic rings. The van der Waals surface area contributed by atoms with Crippen LogP contribution in [0.4, 0.5) is 13.2 Å². The van der Waals surface area contributed by atoms with Gasteiger partial charge in [0.1, 0.15) is 5.75 Å². The van der Waals surface area contributed by atoms with Crippen LogP contribution in [0.25, 0.3) is 0 Å². The minimum Gasteiger partial charge on any atom is -0.401 e. The van der Waals surface area contributed by atoms with Gasteiger partial charge in [-0.2, -0.15) is 21.6 Å². The first-order valence-electron chi connectivity index (χ1n) is 4.15. The van der Waals surface area contributed by atoms with Crippen LogP contribution in [-0.2, 0) is 18.7 Å². The summed E-state index contributed by atoms with van der Waals surface area (Å²) in [5, 5.41) is 0. The van der Waals surface area contributed by atoms with Crippen molar-refractivity contribution in [3.05, 3.63) is 0 Å². The largest absolute Gasteiger partial charge is 0.401 e. The molecular formula is C6H11F3O4SSi. The third-order valence-corrected chi connectivity index (χ3v) is 5.53. The topological polar surface area (TPSA) is 52.6 Å². The second-order valence-electron chi connectivity index (χ2n) is 3.76. The van der Waals surface area contributed by atoms with Gasteiger partial charge in [0.05, 0.1) is 12.7 Å². The first kappa shape index (κ1) is 12.9. The van der Waals surface area contributed by atoms with Gasteiger partial charge in [0.15, 0.2) is 0 Å². The molecule has 15 heavy (non-hydrogen) atoms. The van der Waals surface area contributed by atoms with Crippen LogP contribution in [0.15, 0.2) is 0 Å². The van der Waals surface area contributed by atoms with Crippen LogP contribution >= 0.6 is 0 Å². The van der Waals surface area contributed by atoms with E-state index in [4.69, 9.17) is 4.43 Å². The summed E-state index contributed by atoms with van der Waals surface area (Å²) in [6.45, 7) is 1.64. The Kier molecular flexibility index (Phi) is 3.21. The predicted molar refractivity (Wildman–Crippen MR) is 48.1 cm³/mol. The fourth-order valence-corrected chi connectivity index (χ4v) is 3.37. The number of alkyl halides is 3. The lowest BCUT2D eigenvalue weighted by Gasteiger charge is -2.27.